The Morgan fingerprint density at radius 3 is 2.81 bits per heavy atom. The summed E-state index contributed by atoms with van der Waals surface area (Å²) in [6, 6.07) is 5.83. The van der Waals surface area contributed by atoms with Gasteiger partial charge in [0.1, 0.15) is 5.69 Å². The van der Waals surface area contributed by atoms with E-state index in [1.807, 2.05) is 24.4 Å². The summed E-state index contributed by atoms with van der Waals surface area (Å²) in [6.45, 7) is 1.86. The number of nitrogens with one attached hydrogen (secondary N) is 1. The van der Waals surface area contributed by atoms with Gasteiger partial charge in [-0.2, -0.15) is 0 Å². The topological polar surface area (TPSA) is 84.8 Å². The summed E-state index contributed by atoms with van der Waals surface area (Å²) in [5.41, 5.74) is 8.50. The Labute approximate surface area is 153 Å². The minimum absolute atomic E-state index is 0.125. The zero-order chi connectivity index (χ0) is 18.7. The molecule has 0 aliphatic heterocycles. The third-order valence-electron chi connectivity index (χ3n) is 4.04. The van der Waals surface area contributed by atoms with Gasteiger partial charge in [0.2, 0.25) is 0 Å². The van der Waals surface area contributed by atoms with Crippen molar-refractivity contribution in [1.29, 1.82) is 0 Å². The van der Waals surface area contributed by atoms with Gasteiger partial charge >= 0.3 is 0 Å². The molecule has 0 unspecified atom stereocenters. The number of carbonyl (C=O) groups is 1. The van der Waals surface area contributed by atoms with Crippen molar-refractivity contribution in [3.05, 3.63) is 48.3 Å². The fourth-order valence-corrected chi connectivity index (χ4v) is 2.73. The van der Waals surface area contributed by atoms with E-state index in [9.17, 15) is 4.79 Å². The smallest absolute Gasteiger partial charge is 0.180 e. The third-order valence-corrected chi connectivity index (χ3v) is 4.04. The molecule has 2 heterocycles. The predicted octanol–water partition coefficient (Wildman–Crippen LogP) is 1.90. The van der Waals surface area contributed by atoms with E-state index in [0.717, 1.165) is 35.2 Å². The highest BCUT2D eigenvalue weighted by molar-refractivity contribution is 6.20. The molecule has 0 spiro atoms. The maximum Gasteiger partial charge on any atom is 0.180 e. The van der Waals surface area contributed by atoms with Crippen molar-refractivity contribution >= 4 is 28.5 Å². The van der Waals surface area contributed by atoms with Crippen molar-refractivity contribution in [3.8, 4) is 0 Å². The second kappa shape index (κ2) is 7.13. The summed E-state index contributed by atoms with van der Waals surface area (Å²) >= 11 is 0. The van der Waals surface area contributed by atoms with E-state index in [4.69, 9.17) is 5.73 Å². The standard InChI is InChI=1S/C19H24N6O/c1-25(2,3)12-6-10-21-19-18(17-7-4-5-11-24(17)23-19)22-16-9-8-14(26)13-15(16)20/h4-5,7-9,11,13H,6,10,12H2,1-3H3,(H2-,20,21,23,26)/p+1. The number of nitrogens with two attached hydrogens (primary N) is 1. The van der Waals surface area contributed by atoms with Crippen molar-refractivity contribution < 1.29 is 9.28 Å². The van der Waals surface area contributed by atoms with Gasteiger partial charge in [-0.15, -0.1) is 5.10 Å². The monoisotopic (exact) mass is 353 g/mol. The highest BCUT2D eigenvalue weighted by atomic mass is 16.1. The second-order valence-corrected chi connectivity index (χ2v) is 7.35. The molecule has 0 aromatic carbocycles. The Morgan fingerprint density at radius 1 is 1.27 bits per heavy atom. The van der Waals surface area contributed by atoms with Gasteiger partial charge in [0, 0.05) is 25.2 Å². The molecule has 0 bridgehead atoms. The number of pyridine rings is 1. The normalized spacial score (nSPS) is 16.3. The van der Waals surface area contributed by atoms with Crippen LogP contribution < -0.4 is 11.1 Å². The summed E-state index contributed by atoms with van der Waals surface area (Å²) in [4.78, 5) is 16.1. The maximum atomic E-state index is 11.4. The predicted molar refractivity (Wildman–Crippen MR) is 105 cm³/mol. The van der Waals surface area contributed by atoms with Crippen LogP contribution in [-0.2, 0) is 4.79 Å². The van der Waals surface area contributed by atoms with Crippen LogP contribution in [0, 0.1) is 0 Å². The molecule has 7 nitrogen and oxygen atoms in total. The van der Waals surface area contributed by atoms with E-state index in [-0.39, 0.29) is 5.78 Å². The number of fused-ring (bicyclic) bond motifs is 1. The molecule has 0 fully saturated rings. The number of hydrogen-bond donors (Lipinski definition) is 2. The van der Waals surface area contributed by atoms with Crippen LogP contribution >= 0.6 is 0 Å². The molecule has 2 aromatic rings. The molecule has 2 aromatic heterocycles. The molecule has 3 N–H and O–H groups in total. The highest BCUT2D eigenvalue weighted by Crippen LogP contribution is 2.30. The number of rotatable bonds is 6. The van der Waals surface area contributed by atoms with E-state index >= 15 is 0 Å². The number of anilines is 1. The van der Waals surface area contributed by atoms with Crippen LogP contribution in [0.3, 0.4) is 0 Å². The van der Waals surface area contributed by atoms with Crippen LogP contribution in [0.2, 0.25) is 0 Å². The number of hydrogen-bond acceptors (Lipinski definition) is 5. The second-order valence-electron chi connectivity index (χ2n) is 7.35. The Balaban J connectivity index is 1.89. The van der Waals surface area contributed by atoms with Crippen molar-refractivity contribution in [3.63, 3.8) is 0 Å². The van der Waals surface area contributed by atoms with E-state index < -0.39 is 0 Å². The maximum absolute atomic E-state index is 11.4. The van der Waals surface area contributed by atoms with Crippen molar-refractivity contribution in [1.82, 2.24) is 9.61 Å². The first-order valence-electron chi connectivity index (χ1n) is 8.63. The molecule has 3 rings (SSSR count). The van der Waals surface area contributed by atoms with Crippen molar-refractivity contribution in [2.24, 2.45) is 10.7 Å². The van der Waals surface area contributed by atoms with Crippen molar-refractivity contribution in [2.45, 2.75) is 6.42 Å². The number of aromatic nitrogens is 2. The third kappa shape index (κ3) is 4.18. The number of carbonyl (C=O) groups excluding carboxylic acids is 1. The molecule has 0 radical (unpaired) electrons. The summed E-state index contributed by atoms with van der Waals surface area (Å²) in [5.74, 6) is 0.586. The molecular weight excluding hydrogens is 328 g/mol. The minimum Gasteiger partial charge on any atom is -0.397 e. The van der Waals surface area contributed by atoms with Gasteiger partial charge < -0.3 is 15.5 Å². The SMILES string of the molecule is C[N+](C)(C)CCCNc1nn2ccccc2c1N=C1C=CC(=O)C=C1N. The zero-order valence-corrected chi connectivity index (χ0v) is 15.4. The van der Waals surface area contributed by atoms with Gasteiger partial charge in [0.05, 0.1) is 44.6 Å². The summed E-state index contributed by atoms with van der Waals surface area (Å²) in [7, 11) is 6.52. The first kappa shape index (κ1) is 17.9. The summed E-state index contributed by atoms with van der Waals surface area (Å²) in [6.07, 6.45) is 7.40. The Morgan fingerprint density at radius 2 is 2.08 bits per heavy atom. The molecule has 1 aliphatic rings. The summed E-state index contributed by atoms with van der Waals surface area (Å²) < 4.78 is 2.71. The molecule has 1 aliphatic carbocycles. The van der Waals surface area contributed by atoms with Crippen LogP contribution in [0.1, 0.15) is 6.42 Å². The molecule has 136 valence electrons. The lowest BCUT2D eigenvalue weighted by molar-refractivity contribution is -0.870. The van der Waals surface area contributed by atoms with Gasteiger partial charge in [-0.05, 0) is 24.3 Å². The lowest BCUT2D eigenvalue weighted by atomic mass is 10.1. The van der Waals surface area contributed by atoms with Gasteiger partial charge in [-0.1, -0.05) is 6.07 Å². The van der Waals surface area contributed by atoms with Crippen LogP contribution in [0.15, 0.2) is 53.3 Å². The van der Waals surface area contributed by atoms with Gasteiger partial charge in [-0.25, -0.2) is 9.51 Å². The zero-order valence-electron chi connectivity index (χ0n) is 15.4. The van der Waals surface area contributed by atoms with Crippen LogP contribution in [-0.4, -0.2) is 59.8 Å². The largest absolute Gasteiger partial charge is 0.397 e. The average molecular weight is 353 g/mol. The Kier molecular flexibility index (Phi) is 4.90. The molecule has 0 amide bonds. The van der Waals surface area contributed by atoms with Crippen LogP contribution in [0.4, 0.5) is 11.5 Å². The minimum atomic E-state index is -0.125. The van der Waals surface area contributed by atoms with Crippen LogP contribution in [0.25, 0.3) is 5.52 Å². The lowest BCUT2D eigenvalue weighted by Gasteiger charge is -2.23. The highest BCUT2D eigenvalue weighted by Gasteiger charge is 2.15. The number of aliphatic imine (C=N–C) groups is 1. The number of allylic oxidation sites excluding steroid dienone is 3. The number of ketones is 1. The van der Waals surface area contributed by atoms with Crippen molar-refractivity contribution in [2.75, 3.05) is 39.5 Å². The molecule has 0 atom stereocenters. The quantitative estimate of drug-likeness (QED) is 0.472. The van der Waals surface area contributed by atoms with Gasteiger partial charge in [-0.3, -0.25) is 4.79 Å². The number of quaternary nitrogens is 1. The van der Waals surface area contributed by atoms with E-state index in [2.05, 4.69) is 36.6 Å². The fourth-order valence-electron chi connectivity index (χ4n) is 2.73. The molecular formula is C19H25N6O+. The molecule has 0 saturated heterocycles. The molecule has 26 heavy (non-hydrogen) atoms. The van der Waals surface area contributed by atoms with Crippen LogP contribution in [0.5, 0.6) is 0 Å². The first-order valence-corrected chi connectivity index (χ1v) is 8.63. The Hall–Kier alpha value is -2.93. The number of nitrogens with zero attached hydrogens (tertiary/aromatic N) is 4. The van der Waals surface area contributed by atoms with Gasteiger partial charge in [0.25, 0.3) is 0 Å². The van der Waals surface area contributed by atoms with E-state index in [1.165, 1.54) is 12.2 Å². The van der Waals surface area contributed by atoms with Gasteiger partial charge in [0.15, 0.2) is 11.6 Å². The Bertz CT molecular complexity index is 914. The van der Waals surface area contributed by atoms with E-state index in [0.29, 0.717) is 17.2 Å². The lowest BCUT2D eigenvalue weighted by Crippen LogP contribution is -2.36. The molecule has 0 saturated carbocycles. The van der Waals surface area contributed by atoms with E-state index in [1.54, 1.807) is 10.6 Å². The molecule has 7 heteroatoms. The average Bonchev–Trinajstić information content (AvgIpc) is 2.91. The first-order chi connectivity index (χ1) is 12.3. The fraction of sp³-hybridized carbons (Fsp3) is 0.316. The summed E-state index contributed by atoms with van der Waals surface area (Å²) in [5, 5.41) is 7.98.